The molecule has 2 N–H and O–H groups in total. The van der Waals surface area contributed by atoms with Gasteiger partial charge in [-0.25, -0.2) is 4.98 Å². The van der Waals surface area contributed by atoms with Gasteiger partial charge in [0.15, 0.2) is 0 Å². The Hall–Kier alpha value is -1.65. The second-order valence-electron chi connectivity index (χ2n) is 5.36. The summed E-state index contributed by atoms with van der Waals surface area (Å²) in [6.45, 7) is 0.794. The normalized spacial score (nSPS) is 20.3. The number of hydrogen-bond donors (Lipinski definition) is 2. The molecule has 5 nitrogen and oxygen atoms in total. The van der Waals surface area contributed by atoms with Gasteiger partial charge in [-0.2, -0.15) is 0 Å². The van der Waals surface area contributed by atoms with Crippen LogP contribution in [0.5, 0.6) is 0 Å². The Balaban J connectivity index is 1.60. The molecule has 0 saturated heterocycles. The van der Waals surface area contributed by atoms with E-state index >= 15 is 0 Å². The molecular weight excluding hydrogens is 228 g/mol. The lowest BCUT2D eigenvalue weighted by Crippen LogP contribution is -2.31. The van der Waals surface area contributed by atoms with Crippen molar-refractivity contribution in [2.45, 2.75) is 25.7 Å². The number of carbonyl (C=O) groups excluding carboxylic acids is 1. The molecule has 18 heavy (non-hydrogen) atoms. The second kappa shape index (κ2) is 4.23. The smallest absolute Gasteiger partial charge is 0.271 e. The molecule has 0 unspecified atom stereocenters. The first-order chi connectivity index (χ1) is 8.73. The zero-order chi connectivity index (χ0) is 12.6. The van der Waals surface area contributed by atoms with Crippen molar-refractivity contribution < 1.29 is 4.79 Å². The number of anilines is 1. The van der Waals surface area contributed by atoms with Crippen molar-refractivity contribution >= 4 is 11.7 Å². The SMILES string of the molecule is CNc1cncc(C(=O)NCC2(C3CC3)CC2)n1. The summed E-state index contributed by atoms with van der Waals surface area (Å²) < 4.78 is 0. The van der Waals surface area contributed by atoms with Gasteiger partial charge in [0.25, 0.3) is 5.91 Å². The quantitative estimate of drug-likeness (QED) is 0.825. The summed E-state index contributed by atoms with van der Waals surface area (Å²) in [4.78, 5) is 20.2. The van der Waals surface area contributed by atoms with Gasteiger partial charge >= 0.3 is 0 Å². The van der Waals surface area contributed by atoms with Crippen LogP contribution in [0.3, 0.4) is 0 Å². The van der Waals surface area contributed by atoms with E-state index in [2.05, 4.69) is 20.6 Å². The lowest BCUT2D eigenvalue weighted by Gasteiger charge is -2.14. The van der Waals surface area contributed by atoms with E-state index in [0.29, 0.717) is 16.9 Å². The molecule has 0 aromatic carbocycles. The van der Waals surface area contributed by atoms with Gasteiger partial charge in [0.2, 0.25) is 0 Å². The van der Waals surface area contributed by atoms with Crippen LogP contribution >= 0.6 is 0 Å². The van der Waals surface area contributed by atoms with Crippen molar-refractivity contribution in [2.24, 2.45) is 11.3 Å². The third kappa shape index (κ3) is 2.17. The highest BCUT2D eigenvalue weighted by molar-refractivity contribution is 5.92. The van der Waals surface area contributed by atoms with Crippen LogP contribution in [0.15, 0.2) is 12.4 Å². The van der Waals surface area contributed by atoms with Crippen LogP contribution in [-0.4, -0.2) is 29.5 Å². The molecule has 2 fully saturated rings. The van der Waals surface area contributed by atoms with Crippen molar-refractivity contribution in [1.82, 2.24) is 15.3 Å². The maximum atomic E-state index is 12.0. The average molecular weight is 246 g/mol. The van der Waals surface area contributed by atoms with E-state index in [0.717, 1.165) is 12.5 Å². The number of nitrogens with one attached hydrogen (secondary N) is 2. The number of hydrogen-bond acceptors (Lipinski definition) is 4. The molecule has 1 amide bonds. The summed E-state index contributed by atoms with van der Waals surface area (Å²) in [5.41, 5.74) is 0.803. The molecule has 3 rings (SSSR count). The summed E-state index contributed by atoms with van der Waals surface area (Å²) in [6, 6.07) is 0. The molecule has 2 aliphatic rings. The predicted molar refractivity (Wildman–Crippen MR) is 68.3 cm³/mol. The van der Waals surface area contributed by atoms with E-state index in [9.17, 15) is 4.79 Å². The number of aromatic nitrogens is 2. The molecule has 0 atom stereocenters. The van der Waals surface area contributed by atoms with Gasteiger partial charge in [0.05, 0.1) is 12.4 Å². The number of nitrogens with zero attached hydrogens (tertiary/aromatic N) is 2. The Bertz CT molecular complexity index is 466. The van der Waals surface area contributed by atoms with E-state index in [1.807, 2.05) is 0 Å². The van der Waals surface area contributed by atoms with Crippen molar-refractivity contribution in [3.05, 3.63) is 18.1 Å². The molecule has 0 aliphatic heterocycles. The van der Waals surface area contributed by atoms with Crippen molar-refractivity contribution in [3.63, 3.8) is 0 Å². The molecule has 0 bridgehead atoms. The molecule has 5 heteroatoms. The maximum Gasteiger partial charge on any atom is 0.271 e. The van der Waals surface area contributed by atoms with E-state index in [4.69, 9.17) is 0 Å². The van der Waals surface area contributed by atoms with Gasteiger partial charge in [0.1, 0.15) is 11.5 Å². The third-order valence-electron chi connectivity index (χ3n) is 4.06. The van der Waals surface area contributed by atoms with Crippen molar-refractivity contribution in [3.8, 4) is 0 Å². The summed E-state index contributed by atoms with van der Waals surface area (Å²) in [5, 5.41) is 5.89. The van der Waals surface area contributed by atoms with E-state index < -0.39 is 0 Å². The molecule has 0 radical (unpaired) electrons. The highest BCUT2D eigenvalue weighted by Crippen LogP contribution is 2.60. The Morgan fingerprint density at radius 1 is 1.44 bits per heavy atom. The van der Waals surface area contributed by atoms with Crippen LogP contribution in [0.1, 0.15) is 36.2 Å². The minimum atomic E-state index is -0.119. The van der Waals surface area contributed by atoms with Crippen molar-refractivity contribution in [1.29, 1.82) is 0 Å². The Labute approximate surface area is 106 Å². The highest BCUT2D eigenvalue weighted by Gasteiger charge is 2.53. The Morgan fingerprint density at radius 3 is 2.83 bits per heavy atom. The van der Waals surface area contributed by atoms with E-state index in [1.165, 1.54) is 31.9 Å². The molecule has 0 spiro atoms. The zero-order valence-electron chi connectivity index (χ0n) is 10.6. The number of amides is 1. The standard InChI is InChI=1S/C13H18N4O/c1-14-11-7-15-6-10(17-11)12(18)16-8-13(4-5-13)9-2-3-9/h6-7,9H,2-5,8H2,1H3,(H,14,17)(H,16,18). The van der Waals surface area contributed by atoms with Crippen LogP contribution in [0.2, 0.25) is 0 Å². The summed E-state index contributed by atoms with van der Waals surface area (Å²) in [6.07, 6.45) is 8.31. The van der Waals surface area contributed by atoms with Crippen molar-refractivity contribution in [2.75, 3.05) is 18.9 Å². The van der Waals surface area contributed by atoms with Gasteiger partial charge in [-0.1, -0.05) is 0 Å². The minimum Gasteiger partial charge on any atom is -0.372 e. The molecule has 1 aromatic rings. The first-order valence-electron chi connectivity index (χ1n) is 6.51. The minimum absolute atomic E-state index is 0.119. The largest absolute Gasteiger partial charge is 0.372 e. The average Bonchev–Trinajstić information content (AvgIpc) is 3.28. The van der Waals surface area contributed by atoms with E-state index in [1.54, 1.807) is 13.2 Å². The molecule has 1 heterocycles. The fourth-order valence-electron chi connectivity index (χ4n) is 2.53. The van der Waals surface area contributed by atoms with Gasteiger partial charge in [0, 0.05) is 13.6 Å². The first-order valence-corrected chi connectivity index (χ1v) is 6.51. The fraction of sp³-hybridized carbons (Fsp3) is 0.615. The monoisotopic (exact) mass is 246 g/mol. The van der Waals surface area contributed by atoms with Gasteiger partial charge in [-0.15, -0.1) is 0 Å². The molecule has 2 saturated carbocycles. The lowest BCUT2D eigenvalue weighted by molar-refractivity contribution is 0.0937. The molecule has 2 aliphatic carbocycles. The van der Waals surface area contributed by atoms with Crippen LogP contribution in [0.4, 0.5) is 5.82 Å². The fourth-order valence-corrected chi connectivity index (χ4v) is 2.53. The second-order valence-corrected chi connectivity index (χ2v) is 5.36. The lowest BCUT2D eigenvalue weighted by atomic mass is 10.0. The summed E-state index contributed by atoms with van der Waals surface area (Å²) in [5.74, 6) is 1.35. The topological polar surface area (TPSA) is 66.9 Å². The van der Waals surface area contributed by atoms with Gasteiger partial charge in [-0.3, -0.25) is 9.78 Å². The zero-order valence-corrected chi connectivity index (χ0v) is 10.6. The van der Waals surface area contributed by atoms with Gasteiger partial charge in [-0.05, 0) is 37.0 Å². The summed E-state index contributed by atoms with van der Waals surface area (Å²) in [7, 11) is 1.76. The number of carbonyl (C=O) groups is 1. The van der Waals surface area contributed by atoms with Crippen LogP contribution in [0, 0.1) is 11.3 Å². The molecular formula is C13H18N4O. The number of rotatable bonds is 5. The Kier molecular flexibility index (Phi) is 2.69. The molecule has 1 aromatic heterocycles. The maximum absolute atomic E-state index is 12.0. The predicted octanol–water partition coefficient (Wildman–Crippen LogP) is 1.44. The van der Waals surface area contributed by atoms with E-state index in [-0.39, 0.29) is 5.91 Å². The highest BCUT2D eigenvalue weighted by atomic mass is 16.1. The van der Waals surface area contributed by atoms with Crippen LogP contribution in [0.25, 0.3) is 0 Å². The Morgan fingerprint density at radius 2 is 2.22 bits per heavy atom. The van der Waals surface area contributed by atoms with Gasteiger partial charge < -0.3 is 10.6 Å². The van der Waals surface area contributed by atoms with Crippen LogP contribution < -0.4 is 10.6 Å². The third-order valence-corrected chi connectivity index (χ3v) is 4.06. The first kappa shape index (κ1) is 11.4. The summed E-state index contributed by atoms with van der Waals surface area (Å²) >= 11 is 0. The molecule has 96 valence electrons. The van der Waals surface area contributed by atoms with Crippen LogP contribution in [-0.2, 0) is 0 Å².